The number of rotatable bonds is 3. The molecule has 0 unspecified atom stereocenters. The first-order valence-electron chi connectivity index (χ1n) is 6.93. The van der Waals surface area contributed by atoms with Crippen LogP contribution in [0.4, 0.5) is 11.4 Å². The van der Waals surface area contributed by atoms with Crippen molar-refractivity contribution >= 4 is 23.0 Å². The fourth-order valence-corrected chi connectivity index (χ4v) is 2.33. The number of phenolic OH excluding ortho intramolecular Hbond substituents is 2. The average Bonchev–Trinajstić information content (AvgIpc) is 2.57. The molecule has 0 bridgehead atoms. The Morgan fingerprint density at radius 2 is 1.48 bits per heavy atom. The molecular formula is C18H13ClN2O2. The van der Waals surface area contributed by atoms with Crippen LogP contribution in [-0.4, -0.2) is 10.2 Å². The first kappa shape index (κ1) is 15.1. The van der Waals surface area contributed by atoms with Gasteiger partial charge in [-0.15, -0.1) is 10.2 Å². The molecule has 114 valence electrons. The van der Waals surface area contributed by atoms with Gasteiger partial charge in [-0.2, -0.15) is 0 Å². The summed E-state index contributed by atoms with van der Waals surface area (Å²) in [6, 6.07) is 19.5. The molecule has 0 amide bonds. The van der Waals surface area contributed by atoms with E-state index in [1.54, 1.807) is 30.3 Å². The third-order valence-electron chi connectivity index (χ3n) is 3.31. The molecule has 4 nitrogen and oxygen atoms in total. The molecule has 0 saturated heterocycles. The summed E-state index contributed by atoms with van der Waals surface area (Å²) in [5, 5.41) is 28.0. The van der Waals surface area contributed by atoms with E-state index in [1.165, 1.54) is 6.07 Å². The van der Waals surface area contributed by atoms with Crippen LogP contribution in [-0.2, 0) is 0 Å². The molecule has 3 aromatic carbocycles. The molecule has 0 aromatic heterocycles. The Balaban J connectivity index is 1.99. The van der Waals surface area contributed by atoms with E-state index in [0.29, 0.717) is 5.69 Å². The van der Waals surface area contributed by atoms with E-state index in [2.05, 4.69) is 10.2 Å². The number of halogens is 1. The summed E-state index contributed by atoms with van der Waals surface area (Å²) < 4.78 is 0. The van der Waals surface area contributed by atoms with Gasteiger partial charge in [0, 0.05) is 0 Å². The average molecular weight is 325 g/mol. The summed E-state index contributed by atoms with van der Waals surface area (Å²) in [5.41, 5.74) is 2.37. The van der Waals surface area contributed by atoms with E-state index in [0.717, 1.165) is 11.1 Å². The maximum atomic E-state index is 9.95. The molecule has 0 aliphatic carbocycles. The van der Waals surface area contributed by atoms with Gasteiger partial charge in [0.25, 0.3) is 0 Å². The second-order valence-corrected chi connectivity index (χ2v) is 5.28. The minimum atomic E-state index is -0.0695. The third kappa shape index (κ3) is 3.33. The van der Waals surface area contributed by atoms with Gasteiger partial charge in [-0.1, -0.05) is 54.1 Å². The number of hydrogen-bond donors (Lipinski definition) is 2. The van der Waals surface area contributed by atoms with Crippen molar-refractivity contribution in [3.8, 4) is 22.6 Å². The fraction of sp³-hybridized carbons (Fsp3) is 0. The van der Waals surface area contributed by atoms with Crippen molar-refractivity contribution < 1.29 is 10.2 Å². The van der Waals surface area contributed by atoms with E-state index >= 15 is 0 Å². The minimum Gasteiger partial charge on any atom is -0.506 e. The fourth-order valence-electron chi connectivity index (χ4n) is 2.12. The number of phenols is 2. The standard InChI is InChI=1S/C18H13ClN2O2/c19-14-7-4-8-17(23)18(14)21-20-15-11-13(9-10-16(15)22)12-5-2-1-3-6-12/h1-11,22-23H. The number of nitrogens with zero attached hydrogens (tertiary/aromatic N) is 2. The van der Waals surface area contributed by atoms with Crippen molar-refractivity contribution in [3.63, 3.8) is 0 Å². The van der Waals surface area contributed by atoms with Crippen LogP contribution in [0.1, 0.15) is 0 Å². The summed E-state index contributed by atoms with van der Waals surface area (Å²) in [7, 11) is 0. The molecule has 0 radical (unpaired) electrons. The molecule has 2 N–H and O–H groups in total. The van der Waals surface area contributed by atoms with Gasteiger partial charge < -0.3 is 10.2 Å². The number of benzene rings is 3. The Bertz CT molecular complexity index is 844. The van der Waals surface area contributed by atoms with E-state index in [1.807, 2.05) is 30.3 Å². The van der Waals surface area contributed by atoms with Crippen LogP contribution >= 0.6 is 11.6 Å². The Morgan fingerprint density at radius 3 is 2.22 bits per heavy atom. The van der Waals surface area contributed by atoms with E-state index in [-0.39, 0.29) is 22.2 Å². The predicted octanol–water partition coefficient (Wildman–Crippen LogP) is 5.83. The third-order valence-corrected chi connectivity index (χ3v) is 3.61. The number of azo groups is 1. The van der Waals surface area contributed by atoms with Gasteiger partial charge in [0.15, 0.2) is 0 Å². The van der Waals surface area contributed by atoms with Crippen molar-refractivity contribution in [2.75, 3.05) is 0 Å². The summed E-state index contributed by atoms with van der Waals surface area (Å²) in [6.07, 6.45) is 0. The van der Waals surface area contributed by atoms with Crippen LogP contribution in [0.5, 0.6) is 11.5 Å². The zero-order chi connectivity index (χ0) is 16.2. The van der Waals surface area contributed by atoms with Crippen LogP contribution in [0.2, 0.25) is 5.02 Å². The molecule has 0 heterocycles. The maximum absolute atomic E-state index is 9.95. The van der Waals surface area contributed by atoms with Gasteiger partial charge in [-0.05, 0) is 35.4 Å². The van der Waals surface area contributed by atoms with Crippen LogP contribution < -0.4 is 0 Å². The van der Waals surface area contributed by atoms with Crippen LogP contribution in [0.3, 0.4) is 0 Å². The smallest absolute Gasteiger partial charge is 0.146 e. The Labute approximate surface area is 138 Å². The van der Waals surface area contributed by atoms with Crippen molar-refractivity contribution in [1.29, 1.82) is 0 Å². The molecule has 0 atom stereocenters. The molecule has 5 heteroatoms. The zero-order valence-corrected chi connectivity index (χ0v) is 12.8. The van der Waals surface area contributed by atoms with Gasteiger partial charge in [-0.3, -0.25) is 0 Å². The second kappa shape index (κ2) is 6.50. The first-order chi connectivity index (χ1) is 11.1. The lowest BCUT2D eigenvalue weighted by Gasteiger charge is -2.04. The minimum absolute atomic E-state index is 0.0000236. The summed E-state index contributed by atoms with van der Waals surface area (Å²) in [5.74, 6) is -0.0695. The molecule has 3 aromatic rings. The van der Waals surface area contributed by atoms with Crippen molar-refractivity contribution in [1.82, 2.24) is 0 Å². The highest BCUT2D eigenvalue weighted by Gasteiger charge is 2.07. The van der Waals surface area contributed by atoms with Crippen LogP contribution in [0.25, 0.3) is 11.1 Å². The van der Waals surface area contributed by atoms with E-state index < -0.39 is 0 Å². The molecule has 0 fully saturated rings. The van der Waals surface area contributed by atoms with Crippen molar-refractivity contribution in [2.24, 2.45) is 10.2 Å². The summed E-state index contributed by atoms with van der Waals surface area (Å²) in [4.78, 5) is 0. The molecule has 3 rings (SSSR count). The number of aromatic hydroxyl groups is 2. The Hall–Kier alpha value is -2.85. The second-order valence-electron chi connectivity index (χ2n) is 4.88. The van der Waals surface area contributed by atoms with Gasteiger partial charge in [0.1, 0.15) is 22.9 Å². The van der Waals surface area contributed by atoms with Crippen LogP contribution in [0, 0.1) is 0 Å². The number of hydrogen-bond acceptors (Lipinski definition) is 4. The molecule has 0 spiro atoms. The predicted molar refractivity (Wildman–Crippen MR) is 90.8 cm³/mol. The SMILES string of the molecule is Oc1ccc(-c2ccccc2)cc1N=Nc1c(O)cccc1Cl. The molecule has 0 aliphatic heterocycles. The largest absolute Gasteiger partial charge is 0.506 e. The van der Waals surface area contributed by atoms with Crippen molar-refractivity contribution in [2.45, 2.75) is 0 Å². The van der Waals surface area contributed by atoms with Crippen LogP contribution in [0.15, 0.2) is 77.0 Å². The quantitative estimate of drug-likeness (QED) is 0.595. The topological polar surface area (TPSA) is 65.2 Å². The van der Waals surface area contributed by atoms with Gasteiger partial charge in [0.05, 0.1) is 5.02 Å². The van der Waals surface area contributed by atoms with E-state index in [4.69, 9.17) is 11.6 Å². The lowest BCUT2D eigenvalue weighted by Crippen LogP contribution is -1.77. The highest BCUT2D eigenvalue weighted by atomic mass is 35.5. The summed E-state index contributed by atoms with van der Waals surface area (Å²) in [6.45, 7) is 0. The van der Waals surface area contributed by atoms with Gasteiger partial charge >= 0.3 is 0 Å². The van der Waals surface area contributed by atoms with E-state index in [9.17, 15) is 10.2 Å². The molecule has 0 aliphatic rings. The van der Waals surface area contributed by atoms with Gasteiger partial charge in [0.2, 0.25) is 0 Å². The monoisotopic (exact) mass is 324 g/mol. The normalized spacial score (nSPS) is 11.0. The molecule has 23 heavy (non-hydrogen) atoms. The first-order valence-corrected chi connectivity index (χ1v) is 7.30. The molecule has 0 saturated carbocycles. The lowest BCUT2D eigenvalue weighted by molar-refractivity contribution is 0.474. The van der Waals surface area contributed by atoms with Crippen molar-refractivity contribution in [3.05, 3.63) is 71.8 Å². The Kier molecular flexibility index (Phi) is 4.26. The Morgan fingerprint density at radius 1 is 0.696 bits per heavy atom. The van der Waals surface area contributed by atoms with Gasteiger partial charge in [-0.25, -0.2) is 0 Å². The highest BCUT2D eigenvalue weighted by molar-refractivity contribution is 6.33. The highest BCUT2D eigenvalue weighted by Crippen LogP contribution is 2.37. The molecular weight excluding hydrogens is 312 g/mol. The lowest BCUT2D eigenvalue weighted by atomic mass is 10.1. The summed E-state index contributed by atoms with van der Waals surface area (Å²) >= 11 is 5.99. The maximum Gasteiger partial charge on any atom is 0.146 e. The zero-order valence-electron chi connectivity index (χ0n) is 12.0.